The van der Waals surface area contributed by atoms with E-state index in [2.05, 4.69) is 15.9 Å². The predicted molar refractivity (Wildman–Crippen MR) is 75.8 cm³/mol. The third-order valence-electron chi connectivity index (χ3n) is 2.98. The molecule has 1 aromatic carbocycles. The van der Waals surface area contributed by atoms with E-state index >= 15 is 0 Å². The molecule has 0 saturated carbocycles. The Labute approximate surface area is 133 Å². The fourth-order valence-electron chi connectivity index (χ4n) is 1.71. The van der Waals surface area contributed by atoms with Crippen LogP contribution in [-0.2, 0) is 4.79 Å². The Morgan fingerprint density at radius 3 is 2.14 bits per heavy atom. The second-order valence-electron chi connectivity index (χ2n) is 4.63. The summed E-state index contributed by atoms with van der Waals surface area (Å²) >= 11 is 3.12. The summed E-state index contributed by atoms with van der Waals surface area (Å²) in [6, 6.07) is 5.08. The van der Waals surface area contributed by atoms with Gasteiger partial charge in [0.25, 0.3) is 0 Å². The molecule has 0 radical (unpaired) electrons. The van der Waals surface area contributed by atoms with E-state index in [0.717, 1.165) is 0 Å². The van der Waals surface area contributed by atoms with Gasteiger partial charge in [-0.15, -0.1) is 0 Å². The average molecular weight is 383 g/mol. The largest absolute Gasteiger partial charge is 0.450 e. The molecule has 8 heteroatoms. The van der Waals surface area contributed by atoms with Crippen LogP contribution >= 0.6 is 15.9 Å². The van der Waals surface area contributed by atoms with Crippen LogP contribution in [0.1, 0.15) is 34.9 Å². The van der Waals surface area contributed by atoms with Crippen LogP contribution in [-0.4, -0.2) is 39.4 Å². The monoisotopic (exact) mass is 382 g/mol. The highest BCUT2D eigenvalue weighted by molar-refractivity contribution is 9.09. The first kappa shape index (κ1) is 18.8. The van der Waals surface area contributed by atoms with Gasteiger partial charge in [0.1, 0.15) is 6.10 Å². The van der Waals surface area contributed by atoms with Crippen LogP contribution in [0.15, 0.2) is 24.3 Å². The zero-order chi connectivity index (χ0) is 16.9. The summed E-state index contributed by atoms with van der Waals surface area (Å²) in [7, 11) is 0. The van der Waals surface area contributed by atoms with Gasteiger partial charge in [-0.3, -0.25) is 9.59 Å². The lowest BCUT2D eigenvalue weighted by Crippen LogP contribution is -2.25. The van der Waals surface area contributed by atoms with Gasteiger partial charge in [-0.05, 0) is 12.0 Å². The predicted octanol–water partition coefficient (Wildman–Crippen LogP) is 2.57. The van der Waals surface area contributed by atoms with Crippen LogP contribution in [0.3, 0.4) is 0 Å². The molecule has 0 spiro atoms. The van der Waals surface area contributed by atoms with Crippen molar-refractivity contribution in [1.82, 2.24) is 0 Å². The average Bonchev–Trinajstić information content (AvgIpc) is 2.45. The smallest absolute Gasteiger partial charge is 0.390 e. The third-order valence-corrected chi connectivity index (χ3v) is 3.44. The maximum Gasteiger partial charge on any atom is 0.450 e. The minimum Gasteiger partial charge on any atom is -0.390 e. The second kappa shape index (κ2) is 7.85. The Hall–Kier alpha value is -1.25. The number of benzene rings is 1. The SMILES string of the molecule is O=C(CC(=O)C(F)(F)F)c1ccc(C(O)C(O)CCBr)cc1. The number of aliphatic hydroxyl groups excluding tert-OH is 2. The quantitative estimate of drug-likeness (QED) is 0.431. The topological polar surface area (TPSA) is 74.6 Å². The first-order valence-electron chi connectivity index (χ1n) is 6.32. The van der Waals surface area contributed by atoms with Gasteiger partial charge in [-0.25, -0.2) is 0 Å². The highest BCUT2D eigenvalue weighted by Gasteiger charge is 2.39. The van der Waals surface area contributed by atoms with Crippen molar-refractivity contribution in [2.45, 2.75) is 31.2 Å². The van der Waals surface area contributed by atoms with Crippen molar-refractivity contribution in [3.05, 3.63) is 35.4 Å². The van der Waals surface area contributed by atoms with Crippen molar-refractivity contribution in [3.63, 3.8) is 0 Å². The highest BCUT2D eigenvalue weighted by atomic mass is 79.9. The van der Waals surface area contributed by atoms with Crippen molar-refractivity contribution in [3.8, 4) is 0 Å². The fraction of sp³-hybridized carbons (Fsp3) is 0.429. The molecule has 2 atom stereocenters. The Kier molecular flexibility index (Phi) is 6.70. The van der Waals surface area contributed by atoms with Crippen molar-refractivity contribution in [2.75, 3.05) is 5.33 Å². The molecule has 122 valence electrons. The number of hydrogen-bond acceptors (Lipinski definition) is 4. The molecular weight excluding hydrogens is 369 g/mol. The molecule has 4 nitrogen and oxygen atoms in total. The number of carbonyl (C=O) groups excluding carboxylic acids is 2. The number of carbonyl (C=O) groups is 2. The van der Waals surface area contributed by atoms with Gasteiger partial charge in [0.05, 0.1) is 12.5 Å². The van der Waals surface area contributed by atoms with E-state index in [-0.39, 0.29) is 5.56 Å². The Bertz CT molecular complexity index is 528. The minimum absolute atomic E-state index is 0.0662. The molecule has 0 aliphatic heterocycles. The van der Waals surface area contributed by atoms with Crippen molar-refractivity contribution in [1.29, 1.82) is 0 Å². The van der Waals surface area contributed by atoms with Crippen LogP contribution in [0.4, 0.5) is 13.2 Å². The molecule has 0 bridgehead atoms. The molecule has 0 aliphatic carbocycles. The lowest BCUT2D eigenvalue weighted by molar-refractivity contribution is -0.170. The summed E-state index contributed by atoms with van der Waals surface area (Å²) in [5.74, 6) is -3.06. The van der Waals surface area contributed by atoms with E-state index in [1.165, 1.54) is 24.3 Å². The molecule has 0 aromatic heterocycles. The zero-order valence-electron chi connectivity index (χ0n) is 11.3. The summed E-state index contributed by atoms with van der Waals surface area (Å²) < 4.78 is 36.3. The number of ketones is 2. The van der Waals surface area contributed by atoms with Crippen LogP contribution in [0.5, 0.6) is 0 Å². The maximum absolute atomic E-state index is 12.1. The molecule has 1 aromatic rings. The maximum atomic E-state index is 12.1. The zero-order valence-corrected chi connectivity index (χ0v) is 12.9. The molecule has 0 saturated heterocycles. The number of alkyl halides is 4. The number of aliphatic hydroxyl groups is 2. The molecule has 1 rings (SSSR count). The van der Waals surface area contributed by atoms with E-state index in [9.17, 15) is 33.0 Å². The highest BCUT2D eigenvalue weighted by Crippen LogP contribution is 2.22. The first-order valence-corrected chi connectivity index (χ1v) is 7.44. The summed E-state index contributed by atoms with van der Waals surface area (Å²) in [6.07, 6.45) is -8.16. The van der Waals surface area contributed by atoms with Crippen molar-refractivity contribution in [2.24, 2.45) is 0 Å². The van der Waals surface area contributed by atoms with Crippen LogP contribution < -0.4 is 0 Å². The van der Waals surface area contributed by atoms with Crippen molar-refractivity contribution >= 4 is 27.5 Å². The van der Waals surface area contributed by atoms with Crippen LogP contribution in [0.2, 0.25) is 0 Å². The Morgan fingerprint density at radius 2 is 1.68 bits per heavy atom. The minimum atomic E-state index is -5.04. The Morgan fingerprint density at radius 1 is 1.14 bits per heavy atom. The molecule has 0 fully saturated rings. The van der Waals surface area contributed by atoms with E-state index in [4.69, 9.17) is 0 Å². The lowest BCUT2D eigenvalue weighted by Gasteiger charge is -2.17. The normalized spacial score (nSPS) is 14.5. The number of hydrogen-bond donors (Lipinski definition) is 2. The number of Topliss-reactive ketones (excluding diaryl/α,β-unsaturated/α-hetero) is 2. The Balaban J connectivity index is 2.76. The van der Waals surface area contributed by atoms with Crippen LogP contribution in [0, 0.1) is 0 Å². The van der Waals surface area contributed by atoms with Gasteiger partial charge in [-0.1, -0.05) is 40.2 Å². The van der Waals surface area contributed by atoms with Gasteiger partial charge in [0.2, 0.25) is 5.78 Å². The van der Waals surface area contributed by atoms with Gasteiger partial charge >= 0.3 is 6.18 Å². The van der Waals surface area contributed by atoms with E-state index < -0.39 is 36.4 Å². The molecule has 0 aliphatic rings. The molecule has 0 heterocycles. The van der Waals surface area contributed by atoms with E-state index in [0.29, 0.717) is 17.3 Å². The molecule has 22 heavy (non-hydrogen) atoms. The van der Waals surface area contributed by atoms with E-state index in [1.54, 1.807) is 0 Å². The van der Waals surface area contributed by atoms with Crippen molar-refractivity contribution < 1.29 is 33.0 Å². The second-order valence-corrected chi connectivity index (χ2v) is 5.43. The first-order chi connectivity index (χ1) is 10.2. The standard InChI is InChI=1S/C14H14BrF3O4/c15-6-5-10(19)13(22)9-3-1-8(2-4-9)11(20)7-12(21)14(16,17)18/h1-4,10,13,19,22H,5-7H2. The summed E-state index contributed by atoms with van der Waals surface area (Å²) in [5.41, 5.74) is 0.260. The molecule has 0 amide bonds. The van der Waals surface area contributed by atoms with Gasteiger partial charge in [-0.2, -0.15) is 13.2 Å². The number of halogens is 4. The lowest BCUT2D eigenvalue weighted by atomic mass is 9.99. The van der Waals surface area contributed by atoms with Gasteiger partial charge in [0.15, 0.2) is 5.78 Å². The summed E-state index contributed by atoms with van der Waals surface area (Å²) in [4.78, 5) is 22.3. The van der Waals surface area contributed by atoms with Crippen LogP contribution in [0.25, 0.3) is 0 Å². The fourth-order valence-corrected chi connectivity index (χ4v) is 2.18. The molecular formula is C14H14BrF3O4. The third kappa shape index (κ3) is 5.19. The number of rotatable bonds is 7. The van der Waals surface area contributed by atoms with Gasteiger partial charge < -0.3 is 10.2 Å². The van der Waals surface area contributed by atoms with E-state index in [1.807, 2.05) is 0 Å². The van der Waals surface area contributed by atoms with Gasteiger partial charge in [0, 0.05) is 10.9 Å². The summed E-state index contributed by atoms with van der Waals surface area (Å²) in [5, 5.41) is 20.0. The summed E-state index contributed by atoms with van der Waals surface area (Å²) in [6.45, 7) is 0. The molecule has 2 N–H and O–H groups in total. The molecule has 2 unspecified atom stereocenters.